The number of aromatic carboxylic acids is 1. The van der Waals surface area contributed by atoms with E-state index in [0.29, 0.717) is 31.0 Å². The van der Waals surface area contributed by atoms with Gasteiger partial charge in [0.2, 0.25) is 11.8 Å². The lowest BCUT2D eigenvalue weighted by Crippen LogP contribution is -2.56. The predicted octanol–water partition coefficient (Wildman–Crippen LogP) is 17.0. The van der Waals surface area contributed by atoms with E-state index in [2.05, 4.69) is 39.8 Å². The highest BCUT2D eigenvalue weighted by molar-refractivity contribution is 5.99. The Kier molecular flexibility index (Phi) is 27.5. The van der Waals surface area contributed by atoms with Crippen LogP contribution in [0, 0.1) is 26.7 Å². The number of nitrogens with one attached hydrogen (secondary N) is 2. The van der Waals surface area contributed by atoms with Crippen molar-refractivity contribution in [1.82, 2.24) is 35.4 Å². The Morgan fingerprint density at radius 3 is 1.19 bits per heavy atom. The number of piperidine rings is 2. The average molecular weight is 1590 g/mol. The van der Waals surface area contributed by atoms with Gasteiger partial charge in [0.05, 0.1) is 39.3 Å². The maximum Gasteiger partial charge on any atom is 0.418 e. The molecule has 1 saturated carbocycles. The fraction of sp³-hybridized carbons (Fsp3) is 0.515. The molecule has 109 heavy (non-hydrogen) atoms. The number of ether oxygens (including phenoxy) is 5. The van der Waals surface area contributed by atoms with E-state index in [4.69, 9.17) is 20.3 Å². The van der Waals surface area contributed by atoms with Gasteiger partial charge in [-0.1, -0.05) is 0 Å². The molecule has 0 spiro atoms. The Labute approximate surface area is 605 Å². The van der Waals surface area contributed by atoms with Crippen LogP contribution in [0.4, 0.5) is 102 Å². The fourth-order valence-corrected chi connectivity index (χ4v) is 11.5. The second-order valence-electron chi connectivity index (χ2n) is 27.3. The summed E-state index contributed by atoms with van der Waals surface area (Å²) in [6.07, 6.45) is -18.9. The highest BCUT2D eigenvalue weighted by Gasteiger charge is 2.47. The fourth-order valence-electron chi connectivity index (χ4n) is 11.5. The van der Waals surface area contributed by atoms with Gasteiger partial charge in [-0.15, -0.1) is 0 Å². The number of hydrogen-bond acceptors (Lipinski definition) is 14. The van der Waals surface area contributed by atoms with Gasteiger partial charge in [0.25, 0.3) is 23.7 Å². The molecule has 5 amide bonds. The van der Waals surface area contributed by atoms with Gasteiger partial charge in [0, 0.05) is 80.9 Å². The molecular formula is C68H71F21N8O12. The summed E-state index contributed by atoms with van der Waals surface area (Å²) in [6, 6.07) is 4.94. The largest absolute Gasteiger partial charge is 0.477 e. The van der Waals surface area contributed by atoms with Crippen LogP contribution in [-0.2, 0) is 32.8 Å². The second-order valence-corrected chi connectivity index (χ2v) is 27.3. The van der Waals surface area contributed by atoms with E-state index < -0.39 is 215 Å². The van der Waals surface area contributed by atoms with Crippen LogP contribution in [0.25, 0.3) is 32.7 Å². The molecule has 3 aliphatic rings. The molecular weight excluding hydrogens is 1520 g/mol. The van der Waals surface area contributed by atoms with Crippen molar-refractivity contribution in [2.75, 3.05) is 26.2 Å². The Morgan fingerprint density at radius 2 is 0.844 bits per heavy atom. The first-order valence-corrected chi connectivity index (χ1v) is 32.5. The Hall–Kier alpha value is -9.76. The number of benzene rings is 3. The number of likely N-dealkylation sites (tertiary alicyclic amines) is 2. The van der Waals surface area contributed by atoms with Crippen LogP contribution in [0.1, 0.15) is 158 Å². The number of carbonyl (C=O) groups is 6. The van der Waals surface area contributed by atoms with E-state index >= 15 is 0 Å². The number of carboxylic acid groups (broad SMARTS) is 1. The molecule has 41 heteroatoms. The van der Waals surface area contributed by atoms with Crippen LogP contribution >= 0.6 is 0 Å². The van der Waals surface area contributed by atoms with Gasteiger partial charge in [-0.05, 0) is 152 Å². The van der Waals surface area contributed by atoms with Crippen molar-refractivity contribution >= 4 is 68.6 Å². The zero-order valence-electron chi connectivity index (χ0n) is 58.8. The molecule has 0 unspecified atom stereocenters. The third kappa shape index (κ3) is 25.1. The number of hydrogen-bond donors (Lipinski definition) is 4. The minimum Gasteiger partial charge on any atom is -0.477 e. The van der Waals surface area contributed by atoms with Crippen molar-refractivity contribution in [2.45, 2.75) is 193 Å². The van der Waals surface area contributed by atoms with Crippen molar-refractivity contribution in [2.24, 2.45) is 11.7 Å². The Bertz CT molecular complexity index is 4320. The van der Waals surface area contributed by atoms with Crippen LogP contribution in [0.3, 0.4) is 0 Å². The number of carboxylic acids is 1. The summed E-state index contributed by atoms with van der Waals surface area (Å²) in [5.74, 6) is -15.6. The lowest BCUT2D eigenvalue weighted by Gasteiger charge is -2.39. The number of rotatable bonds is 14. The first kappa shape index (κ1) is 88.1. The normalized spacial score (nSPS) is 18.0. The molecule has 1 aliphatic carbocycles. The number of amides is 5. The smallest absolute Gasteiger partial charge is 0.418 e. The molecule has 6 aromatic rings. The zero-order valence-corrected chi connectivity index (χ0v) is 58.8. The standard InChI is InChI=1S/C24H26F7N3O4.C20H19F7N2O2.C13H8F5NO3.C11H18F2N2O3/c1-12-7-17(33-18-15(12)8-14(37-20(25)26)9-16(18)24(29,30)31)19(35)32-11-13-10-23(27,28)5-6-34(13)21(36)38-22(2,3)4;1-10-5-15(17(30)28-9-11-3-2-4-19(23,24)8-11)29-16-13(10)6-12(31-18(21)22)7-14(16)20(25,26)27;1-5-2-9(11(20)21)19-10-7(5)3-6(22-12(14)15)4-8(10)13(16,17)18;1-10(2,3)18-9(17)15-5-4-11(12,13)6-7(15)8(14)16/h7-9,13,20H,5-6,10-11H2,1-4H3,(H,32,35);5-7,11,18H,2-4,8-9H2,1H3,(H,28,30);2-4,12H,1H3,(H,20,21);7H,4-6H2,1-3H3,(H2,14,16)/t13-;11-;;7-/m00.0/s1. The number of nitrogens with zero attached hydrogens (tertiary/aromatic N) is 5. The summed E-state index contributed by atoms with van der Waals surface area (Å²) < 4.78 is 300. The molecule has 3 aromatic heterocycles. The summed E-state index contributed by atoms with van der Waals surface area (Å²) >= 11 is 0. The Morgan fingerprint density at radius 1 is 0.505 bits per heavy atom. The van der Waals surface area contributed by atoms with Crippen LogP contribution in [0.15, 0.2) is 54.6 Å². The minimum absolute atomic E-state index is 0.0551. The first-order valence-electron chi connectivity index (χ1n) is 32.5. The second kappa shape index (κ2) is 34.0. The molecule has 9 rings (SSSR count). The number of alkyl halides is 21. The topological polar surface area (TPSA) is 264 Å². The van der Waals surface area contributed by atoms with E-state index in [1.165, 1.54) is 26.8 Å². The van der Waals surface area contributed by atoms with Gasteiger partial charge < -0.3 is 50.1 Å². The molecule has 3 atom stereocenters. The van der Waals surface area contributed by atoms with E-state index in [-0.39, 0.29) is 71.0 Å². The number of nitrogens with two attached hydrogens (primary N) is 1. The number of primary amides is 1. The third-order valence-electron chi connectivity index (χ3n) is 16.2. The van der Waals surface area contributed by atoms with Gasteiger partial charge in [-0.2, -0.15) is 65.9 Å². The molecule has 20 nitrogen and oxygen atoms in total. The molecule has 2 aliphatic heterocycles. The number of fused-ring (bicyclic) bond motifs is 3. The maximum absolute atomic E-state index is 14.1. The van der Waals surface area contributed by atoms with Crippen LogP contribution in [0.5, 0.6) is 17.2 Å². The van der Waals surface area contributed by atoms with Crippen molar-refractivity contribution in [3.63, 3.8) is 0 Å². The van der Waals surface area contributed by atoms with Crippen LogP contribution in [0.2, 0.25) is 0 Å². The van der Waals surface area contributed by atoms with E-state index in [0.717, 1.165) is 40.1 Å². The van der Waals surface area contributed by atoms with Gasteiger partial charge in [-0.25, -0.2) is 55.7 Å². The third-order valence-corrected chi connectivity index (χ3v) is 16.2. The lowest BCUT2D eigenvalue weighted by atomic mass is 9.86. The maximum atomic E-state index is 14.1. The number of pyridine rings is 3. The highest BCUT2D eigenvalue weighted by Crippen LogP contribution is 2.43. The molecule has 3 fully saturated rings. The van der Waals surface area contributed by atoms with Crippen molar-refractivity contribution < 1.29 is 150 Å². The highest BCUT2D eigenvalue weighted by atomic mass is 19.4. The van der Waals surface area contributed by atoms with Gasteiger partial charge >= 0.3 is 56.5 Å². The summed E-state index contributed by atoms with van der Waals surface area (Å²) in [5, 5.41) is 13.3. The molecule has 3 aromatic carbocycles. The number of aromatic nitrogens is 3. The van der Waals surface area contributed by atoms with Crippen LogP contribution < -0.4 is 30.6 Å². The van der Waals surface area contributed by atoms with E-state index in [9.17, 15) is 121 Å². The first-order chi connectivity index (χ1) is 49.8. The summed E-state index contributed by atoms with van der Waals surface area (Å²) in [5.41, 5.74) is -3.49. The average Bonchev–Trinajstić information content (AvgIpc) is 0.776. The van der Waals surface area contributed by atoms with E-state index in [1.807, 2.05) is 0 Å². The number of halogens is 21. The quantitative estimate of drug-likeness (QED) is 0.0739. The van der Waals surface area contributed by atoms with Gasteiger partial charge in [0.15, 0.2) is 0 Å². The SMILES string of the molecule is CC(C)(C)OC(=O)N1CCC(F)(F)C[C@H]1C(N)=O.Cc1cc(C(=O)NC[C@@H]2CC(F)(F)CCN2C(=O)OC(C)(C)C)nc2c(C(F)(F)F)cc(OC(F)F)cc12.Cc1cc(C(=O)NC[C@H]2CCCC(F)(F)C2)nc2c(C(F)(F)F)cc(OC(F)F)cc12.Cc1cc(C(=O)O)nc2c(C(F)(F)F)cc(OC(F)F)cc12. The Balaban J connectivity index is 0.000000236. The predicted molar refractivity (Wildman–Crippen MR) is 344 cm³/mol. The minimum atomic E-state index is -5.02. The molecule has 602 valence electrons. The lowest BCUT2D eigenvalue weighted by molar-refractivity contribution is -0.137. The van der Waals surface area contributed by atoms with Gasteiger partial charge in [-0.3, -0.25) is 19.3 Å². The molecule has 2 saturated heterocycles. The van der Waals surface area contributed by atoms with Crippen LogP contribution in [-0.4, -0.2) is 153 Å². The summed E-state index contributed by atoms with van der Waals surface area (Å²) in [6.45, 7) is 2.84. The molecule has 0 bridgehead atoms. The van der Waals surface area contributed by atoms with Crippen molar-refractivity contribution in [3.8, 4) is 17.2 Å². The monoisotopic (exact) mass is 1590 g/mol. The number of aryl methyl sites for hydroxylation is 3. The molecule has 5 N–H and O–H groups in total. The summed E-state index contributed by atoms with van der Waals surface area (Å²) in [7, 11) is 0. The van der Waals surface area contributed by atoms with Crippen molar-refractivity contribution in [3.05, 3.63) is 105 Å². The van der Waals surface area contributed by atoms with E-state index in [1.54, 1.807) is 41.5 Å². The number of carbonyl (C=O) groups excluding carboxylic acids is 5. The molecule has 0 radical (unpaired) electrons. The van der Waals surface area contributed by atoms with Gasteiger partial charge in [0.1, 0.15) is 51.6 Å². The zero-order chi connectivity index (χ0) is 82.4. The molecule has 5 heterocycles. The summed E-state index contributed by atoms with van der Waals surface area (Å²) in [4.78, 5) is 84.8. The van der Waals surface area contributed by atoms with Crippen molar-refractivity contribution in [1.29, 1.82) is 0 Å².